The van der Waals surface area contributed by atoms with Gasteiger partial charge in [0, 0.05) is 16.1 Å². The maximum absolute atomic E-state index is 11.2. The van der Waals surface area contributed by atoms with Crippen LogP contribution in [0.5, 0.6) is 11.5 Å². The van der Waals surface area contributed by atoms with Crippen LogP contribution in [0.15, 0.2) is 158 Å². The van der Waals surface area contributed by atoms with Gasteiger partial charge >= 0.3 is 0 Å². The van der Waals surface area contributed by atoms with E-state index in [9.17, 15) is 9.59 Å². The predicted octanol–water partition coefficient (Wildman–Crippen LogP) is 30.0. The quantitative estimate of drug-likeness (QED) is 0.0739. The summed E-state index contributed by atoms with van der Waals surface area (Å²) in [4.78, 5) is 22.3. The maximum atomic E-state index is 11.2. The number of rotatable bonds is 20. The normalized spacial score (nSPS) is 11.4. The van der Waals surface area contributed by atoms with E-state index in [2.05, 4.69) is 197 Å². The number of aryl methyl sites for hydroxylation is 3. The average Bonchev–Trinajstić information content (AvgIpc) is 0.902. The van der Waals surface area contributed by atoms with Crippen LogP contribution in [0.2, 0.25) is 5.02 Å². The molecular weight excluding hydrogens is 1260 g/mol. The van der Waals surface area contributed by atoms with Crippen molar-refractivity contribution in [3.8, 4) is 11.5 Å². The lowest BCUT2D eigenvalue weighted by Crippen LogP contribution is -2.05. The molecule has 7 atom stereocenters. The Hall–Kier alpha value is -6.31. The van der Waals surface area contributed by atoms with Crippen molar-refractivity contribution in [1.29, 1.82) is 0 Å². The Morgan fingerprint density at radius 3 is 0.990 bits per heavy atom. The summed E-state index contributed by atoms with van der Waals surface area (Å²) in [7, 11) is 3.41. The van der Waals surface area contributed by atoms with E-state index in [1.165, 1.54) is 75.8 Å². The third kappa shape index (κ3) is 48.3. The van der Waals surface area contributed by atoms with Gasteiger partial charge in [0.2, 0.25) is 0 Å². The minimum absolute atomic E-state index is 0.143. The zero-order valence-corrected chi connectivity index (χ0v) is 72.1. The van der Waals surface area contributed by atoms with Gasteiger partial charge in [0.05, 0.1) is 20.8 Å². The molecule has 7 aromatic rings. The number of ketones is 2. The molecule has 0 spiro atoms. The smallest absolute Gasteiger partial charge is 0.188 e. The van der Waals surface area contributed by atoms with Crippen LogP contribution in [0, 0.1) is 20.8 Å². The number of ether oxygens (including phenoxy) is 2. The fraction of sp³-hybridized carbons (Fsp3) is 0.532. The second kappa shape index (κ2) is 72.1. The molecule has 0 aliphatic heterocycles. The highest BCUT2D eigenvalue weighted by molar-refractivity contribution is 6.30. The minimum Gasteiger partial charge on any atom is -0.497 e. The molecule has 0 heterocycles. The van der Waals surface area contributed by atoms with Crippen LogP contribution < -0.4 is 9.47 Å². The Morgan fingerprint density at radius 2 is 0.663 bits per heavy atom. The number of aliphatic hydroxyl groups is 2. The molecule has 0 saturated carbocycles. The number of benzene rings is 7. The molecule has 7 unspecified atom stereocenters. The Morgan fingerprint density at radius 1 is 0.356 bits per heavy atom. The number of methoxy groups -OCH3 is 2. The summed E-state index contributed by atoms with van der Waals surface area (Å²) in [5.41, 5.74) is 15.8. The second-order valence-corrected chi connectivity index (χ2v) is 23.8. The minimum atomic E-state index is -0.413. The average molecular weight is 1420 g/mol. The molecule has 574 valence electrons. The Labute approximate surface area is 630 Å². The topological polar surface area (TPSA) is 93.1 Å². The van der Waals surface area contributed by atoms with Crippen molar-refractivity contribution in [2.24, 2.45) is 0 Å². The summed E-state index contributed by atoms with van der Waals surface area (Å²) >= 11 is 5.76. The van der Waals surface area contributed by atoms with Gasteiger partial charge in [-0.15, -0.1) is 0 Å². The first-order valence-electron chi connectivity index (χ1n) is 39.1. The van der Waals surface area contributed by atoms with Gasteiger partial charge in [-0.2, -0.15) is 0 Å². The van der Waals surface area contributed by atoms with Crippen LogP contribution in [-0.4, -0.2) is 42.6 Å². The summed E-state index contributed by atoms with van der Waals surface area (Å²) in [5, 5.41) is 18.5. The SMILES string of the molecule is CC.CC.CC.CC.CC.CC.CC.CCC(C)c1ccc(C)c(C)c1.CCC(C)c1ccc(Cl)cc1.CCC(C)c1ccc(OC)c(C)c1.CCC(C)c1ccc(OC)cc1.CCC(C)c1cccc(C(=O)CO)c1.CCC(C)c1cccc(C(C)=O)c1.CCC(C)c1cccc(CO)c1. The van der Waals surface area contributed by atoms with Gasteiger partial charge in [0.15, 0.2) is 11.6 Å². The summed E-state index contributed by atoms with van der Waals surface area (Å²) in [6, 6.07) is 53.1. The summed E-state index contributed by atoms with van der Waals surface area (Å²) in [6.07, 6.45) is 8.09. The van der Waals surface area contributed by atoms with Crippen molar-refractivity contribution in [2.45, 2.75) is 315 Å². The molecule has 101 heavy (non-hydrogen) atoms. The van der Waals surface area contributed by atoms with Crippen LogP contribution in [-0.2, 0) is 6.61 Å². The van der Waals surface area contributed by atoms with E-state index < -0.39 is 6.61 Å². The molecule has 7 heteroatoms. The van der Waals surface area contributed by atoms with Gasteiger partial charge in [-0.1, -0.05) is 321 Å². The van der Waals surface area contributed by atoms with Crippen molar-refractivity contribution in [3.05, 3.63) is 235 Å². The van der Waals surface area contributed by atoms with Crippen molar-refractivity contribution < 1.29 is 29.3 Å². The van der Waals surface area contributed by atoms with Crippen LogP contribution in [0.1, 0.15) is 369 Å². The van der Waals surface area contributed by atoms with Crippen molar-refractivity contribution in [2.75, 3.05) is 20.8 Å². The fourth-order valence-electron chi connectivity index (χ4n) is 8.83. The van der Waals surface area contributed by atoms with Crippen molar-refractivity contribution in [3.63, 3.8) is 0 Å². The van der Waals surface area contributed by atoms with Gasteiger partial charge < -0.3 is 19.7 Å². The zero-order valence-electron chi connectivity index (χ0n) is 71.3. The molecule has 0 bridgehead atoms. The van der Waals surface area contributed by atoms with E-state index in [0.717, 1.165) is 52.5 Å². The zero-order chi connectivity index (χ0) is 79.6. The standard InChI is InChI=1S/C12H16O2.C12H18O.C12H16O.C12H18.2C11H16O.C10H13Cl.7C2H6/c1-3-9(2)10-5-4-6-11(7-10)12(14)8-13;1-5-9(2)11-6-7-12(13-4)10(3)8-11;1-4-9(2)11-6-5-7-12(8-11)10(3)13;1-5-9(2)12-7-6-10(3)11(4)8-12;1-4-9(2)10-5-7-11(12-3)8-6-10;1-3-9(2)11-6-4-5-10(7-11)8-12;1-3-8(2)9-4-6-10(11)7-5-9;7*1-2/h4-7,9,13H,3,8H2,1-2H3;6-9H,5H2,1-4H3;5-9H,4H2,1-3H3;6-9H,5H2,1-4H3;5-9H,4H2,1-3H3;4-7,9,12H,3,8H2,1-2H3;4-8H,3H2,1-2H3;7*1-2H3. The van der Waals surface area contributed by atoms with Crippen molar-refractivity contribution >= 4 is 23.2 Å². The Balaban J connectivity index is -0.000000198. The van der Waals surface area contributed by atoms with Crippen molar-refractivity contribution in [1.82, 2.24) is 0 Å². The first-order chi connectivity index (χ1) is 48.4. The first kappa shape index (κ1) is 108. The maximum Gasteiger partial charge on any atom is 0.188 e. The van der Waals surface area contributed by atoms with Crippen LogP contribution >= 0.6 is 11.6 Å². The highest BCUT2D eigenvalue weighted by atomic mass is 35.5. The van der Waals surface area contributed by atoms with E-state index in [4.69, 9.17) is 31.3 Å². The highest BCUT2D eigenvalue weighted by Gasteiger charge is 2.10. The summed E-state index contributed by atoms with van der Waals surface area (Å²) < 4.78 is 10.3. The molecule has 0 saturated heterocycles. The number of aliphatic hydroxyl groups excluding tert-OH is 2. The number of Topliss-reactive ketones (excluding diaryl/α,β-unsaturated/α-hetero) is 2. The van der Waals surface area contributed by atoms with E-state index in [1.54, 1.807) is 27.2 Å². The lowest BCUT2D eigenvalue weighted by Gasteiger charge is -2.11. The molecule has 7 aromatic carbocycles. The molecule has 7 rings (SSSR count). The largest absolute Gasteiger partial charge is 0.497 e. The molecule has 0 aliphatic carbocycles. The number of carbonyl (C=O) groups excluding carboxylic acids is 2. The number of carbonyl (C=O) groups is 2. The van der Waals surface area contributed by atoms with E-state index in [-0.39, 0.29) is 18.2 Å². The number of hydrogen-bond donors (Lipinski definition) is 2. The van der Waals surface area contributed by atoms with Crippen LogP contribution in [0.3, 0.4) is 0 Å². The Kier molecular flexibility index (Phi) is 77.1. The third-order valence-corrected chi connectivity index (χ3v) is 17.2. The summed E-state index contributed by atoms with van der Waals surface area (Å²) in [5.74, 6) is 6.07. The predicted molar refractivity (Wildman–Crippen MR) is 455 cm³/mol. The summed E-state index contributed by atoms with van der Waals surface area (Å²) in [6.45, 7) is 66.6. The molecule has 2 N–H and O–H groups in total. The number of halogens is 1. The molecule has 0 radical (unpaired) electrons. The van der Waals surface area contributed by atoms with Gasteiger partial charge in [-0.3, -0.25) is 9.59 Å². The fourth-order valence-corrected chi connectivity index (χ4v) is 8.95. The molecule has 0 aliphatic rings. The van der Waals surface area contributed by atoms with Crippen LogP contribution in [0.4, 0.5) is 0 Å². The third-order valence-electron chi connectivity index (χ3n) is 17.0. The molecule has 6 nitrogen and oxygen atoms in total. The van der Waals surface area contributed by atoms with E-state index >= 15 is 0 Å². The number of hydrogen-bond acceptors (Lipinski definition) is 6. The van der Waals surface area contributed by atoms with Gasteiger partial charge in [-0.05, 0) is 218 Å². The lowest BCUT2D eigenvalue weighted by atomic mass is 9.95. The Bertz CT molecular complexity index is 2980. The molecule has 0 amide bonds. The van der Waals surface area contributed by atoms with E-state index in [0.29, 0.717) is 47.0 Å². The molecular formula is C94H155ClO6. The van der Waals surface area contributed by atoms with E-state index in [1.807, 2.05) is 170 Å². The molecule has 0 fully saturated rings. The van der Waals surface area contributed by atoms with Gasteiger partial charge in [0.25, 0.3) is 0 Å². The first-order valence-corrected chi connectivity index (χ1v) is 39.5. The van der Waals surface area contributed by atoms with Crippen LogP contribution in [0.25, 0.3) is 0 Å². The van der Waals surface area contributed by atoms with Gasteiger partial charge in [0.1, 0.15) is 18.1 Å². The lowest BCUT2D eigenvalue weighted by molar-refractivity contribution is 0.0903. The monoisotopic (exact) mass is 1420 g/mol. The van der Waals surface area contributed by atoms with Gasteiger partial charge in [-0.25, -0.2) is 0 Å². The molecule has 0 aromatic heterocycles. The second-order valence-electron chi connectivity index (χ2n) is 23.4. The highest BCUT2D eigenvalue weighted by Crippen LogP contribution is 2.27.